The molecule has 1 nitrogen and oxygen atoms in total. The lowest BCUT2D eigenvalue weighted by molar-refractivity contribution is 0.795. The van der Waals surface area contributed by atoms with Gasteiger partial charge in [0.05, 0.1) is 0 Å². The molecule has 0 aliphatic heterocycles. The molecule has 0 bridgehead atoms. The van der Waals surface area contributed by atoms with Gasteiger partial charge < -0.3 is 5.32 Å². The number of nitrogens with one attached hydrogen (secondary N) is 1. The molecule has 0 saturated heterocycles. The van der Waals surface area contributed by atoms with Gasteiger partial charge in [0.1, 0.15) is 0 Å². The summed E-state index contributed by atoms with van der Waals surface area (Å²) in [5.41, 5.74) is 3.96. The van der Waals surface area contributed by atoms with E-state index in [0.29, 0.717) is 0 Å². The maximum Gasteiger partial charge on any atom is 0.0400 e. The highest BCUT2D eigenvalue weighted by Gasteiger charge is 1.96. The Morgan fingerprint density at radius 1 is 0.889 bits per heavy atom. The summed E-state index contributed by atoms with van der Waals surface area (Å²) < 4.78 is 0. The van der Waals surface area contributed by atoms with E-state index in [1.165, 1.54) is 36.1 Å². The SMILES string of the molecule is CCCCc1cccc(NCc2ccccc2)c1. The third-order valence-corrected chi connectivity index (χ3v) is 3.09. The standard InChI is InChI=1S/C17H21N/c1-2-3-8-15-11-7-12-17(13-15)18-14-16-9-5-4-6-10-16/h4-7,9-13,18H,2-3,8,14H2,1H3. The first kappa shape index (κ1) is 12.7. The second-order valence-electron chi connectivity index (χ2n) is 4.64. The molecule has 1 N–H and O–H groups in total. The van der Waals surface area contributed by atoms with Crippen LogP contribution >= 0.6 is 0 Å². The van der Waals surface area contributed by atoms with Gasteiger partial charge >= 0.3 is 0 Å². The summed E-state index contributed by atoms with van der Waals surface area (Å²) in [5, 5.41) is 3.48. The minimum atomic E-state index is 0.887. The third kappa shape index (κ3) is 3.92. The molecular formula is C17H21N. The van der Waals surface area contributed by atoms with Crippen molar-refractivity contribution in [3.05, 3.63) is 65.7 Å². The van der Waals surface area contributed by atoms with Gasteiger partial charge in [-0.15, -0.1) is 0 Å². The molecule has 0 radical (unpaired) electrons. The summed E-state index contributed by atoms with van der Waals surface area (Å²) in [4.78, 5) is 0. The van der Waals surface area contributed by atoms with Crippen molar-refractivity contribution in [2.24, 2.45) is 0 Å². The van der Waals surface area contributed by atoms with Gasteiger partial charge in [0.15, 0.2) is 0 Å². The Bertz CT molecular complexity index is 462. The van der Waals surface area contributed by atoms with Crippen LogP contribution in [0, 0.1) is 0 Å². The highest BCUT2D eigenvalue weighted by Crippen LogP contribution is 2.14. The van der Waals surface area contributed by atoms with E-state index in [9.17, 15) is 0 Å². The number of anilines is 1. The quantitative estimate of drug-likeness (QED) is 0.774. The third-order valence-electron chi connectivity index (χ3n) is 3.09. The Morgan fingerprint density at radius 2 is 1.67 bits per heavy atom. The summed E-state index contributed by atoms with van der Waals surface area (Å²) >= 11 is 0. The first-order valence-electron chi connectivity index (χ1n) is 6.75. The van der Waals surface area contributed by atoms with Crippen LogP contribution in [-0.2, 0) is 13.0 Å². The lowest BCUT2D eigenvalue weighted by Crippen LogP contribution is -1.99. The van der Waals surface area contributed by atoms with E-state index >= 15 is 0 Å². The van der Waals surface area contributed by atoms with Crippen LogP contribution in [-0.4, -0.2) is 0 Å². The molecule has 0 amide bonds. The number of hydrogen-bond donors (Lipinski definition) is 1. The van der Waals surface area contributed by atoms with Crippen molar-refractivity contribution in [2.45, 2.75) is 32.7 Å². The maximum absolute atomic E-state index is 3.48. The molecule has 94 valence electrons. The highest BCUT2D eigenvalue weighted by molar-refractivity contribution is 5.46. The van der Waals surface area contributed by atoms with Gasteiger partial charge in [-0.3, -0.25) is 0 Å². The molecular weight excluding hydrogens is 218 g/mol. The zero-order valence-corrected chi connectivity index (χ0v) is 11.0. The fourth-order valence-corrected chi connectivity index (χ4v) is 2.02. The summed E-state index contributed by atoms with van der Waals surface area (Å²) in [7, 11) is 0. The van der Waals surface area contributed by atoms with Crippen LogP contribution in [0.2, 0.25) is 0 Å². The van der Waals surface area contributed by atoms with Gasteiger partial charge in [0, 0.05) is 12.2 Å². The minimum Gasteiger partial charge on any atom is -0.381 e. The lowest BCUT2D eigenvalue weighted by atomic mass is 10.1. The second-order valence-corrected chi connectivity index (χ2v) is 4.64. The zero-order valence-electron chi connectivity index (χ0n) is 11.0. The van der Waals surface area contributed by atoms with Crippen molar-refractivity contribution in [2.75, 3.05) is 5.32 Å². The number of aryl methyl sites for hydroxylation is 1. The van der Waals surface area contributed by atoms with E-state index in [2.05, 4.69) is 66.8 Å². The van der Waals surface area contributed by atoms with Gasteiger partial charge in [-0.2, -0.15) is 0 Å². The average Bonchev–Trinajstić information content (AvgIpc) is 2.44. The van der Waals surface area contributed by atoms with Gasteiger partial charge in [-0.05, 0) is 36.1 Å². The molecule has 0 atom stereocenters. The van der Waals surface area contributed by atoms with Crippen molar-refractivity contribution in [1.29, 1.82) is 0 Å². The fraction of sp³-hybridized carbons (Fsp3) is 0.294. The zero-order chi connectivity index (χ0) is 12.6. The first-order valence-corrected chi connectivity index (χ1v) is 6.75. The van der Waals surface area contributed by atoms with Crippen LogP contribution in [0.5, 0.6) is 0 Å². The molecule has 0 aliphatic carbocycles. The second kappa shape index (κ2) is 6.85. The molecule has 2 aromatic carbocycles. The van der Waals surface area contributed by atoms with E-state index in [4.69, 9.17) is 0 Å². The van der Waals surface area contributed by atoms with E-state index in [1.807, 2.05) is 0 Å². The monoisotopic (exact) mass is 239 g/mol. The molecule has 0 aliphatic rings. The Hall–Kier alpha value is -1.76. The van der Waals surface area contributed by atoms with Crippen molar-refractivity contribution in [3.63, 3.8) is 0 Å². The number of unbranched alkanes of at least 4 members (excludes halogenated alkanes) is 1. The van der Waals surface area contributed by atoms with Crippen LogP contribution < -0.4 is 5.32 Å². The van der Waals surface area contributed by atoms with Crippen LogP contribution in [0.4, 0.5) is 5.69 Å². The maximum atomic E-state index is 3.48. The van der Waals surface area contributed by atoms with Gasteiger partial charge in [-0.25, -0.2) is 0 Å². The van der Waals surface area contributed by atoms with Crippen molar-refractivity contribution >= 4 is 5.69 Å². The summed E-state index contributed by atoms with van der Waals surface area (Å²) in [6, 6.07) is 19.2. The van der Waals surface area contributed by atoms with Gasteiger partial charge in [0.2, 0.25) is 0 Å². The molecule has 0 aromatic heterocycles. The normalized spacial score (nSPS) is 10.3. The van der Waals surface area contributed by atoms with Crippen LogP contribution in [0.3, 0.4) is 0 Å². The fourth-order valence-electron chi connectivity index (χ4n) is 2.02. The summed E-state index contributed by atoms with van der Waals surface area (Å²) in [6.07, 6.45) is 3.70. The average molecular weight is 239 g/mol. The van der Waals surface area contributed by atoms with Crippen LogP contribution in [0.15, 0.2) is 54.6 Å². The van der Waals surface area contributed by atoms with Crippen LogP contribution in [0.25, 0.3) is 0 Å². The molecule has 2 rings (SSSR count). The van der Waals surface area contributed by atoms with Crippen molar-refractivity contribution in [1.82, 2.24) is 0 Å². The smallest absolute Gasteiger partial charge is 0.0400 e. The van der Waals surface area contributed by atoms with Gasteiger partial charge in [0.25, 0.3) is 0 Å². The van der Waals surface area contributed by atoms with E-state index < -0.39 is 0 Å². The Labute approximate surface area is 110 Å². The van der Waals surface area contributed by atoms with Crippen molar-refractivity contribution < 1.29 is 0 Å². The lowest BCUT2D eigenvalue weighted by Gasteiger charge is -2.08. The largest absolute Gasteiger partial charge is 0.381 e. The number of rotatable bonds is 6. The predicted octanol–water partition coefficient (Wildman–Crippen LogP) is 4.64. The van der Waals surface area contributed by atoms with E-state index in [0.717, 1.165) is 6.54 Å². The molecule has 0 unspecified atom stereocenters. The molecule has 2 aromatic rings. The van der Waals surface area contributed by atoms with Gasteiger partial charge in [-0.1, -0.05) is 55.8 Å². The molecule has 0 fully saturated rings. The first-order chi connectivity index (χ1) is 8.88. The van der Waals surface area contributed by atoms with Crippen molar-refractivity contribution in [3.8, 4) is 0 Å². The molecule has 18 heavy (non-hydrogen) atoms. The summed E-state index contributed by atoms with van der Waals surface area (Å²) in [6.45, 7) is 3.12. The number of hydrogen-bond acceptors (Lipinski definition) is 1. The molecule has 0 heterocycles. The molecule has 0 spiro atoms. The van der Waals surface area contributed by atoms with E-state index in [-0.39, 0.29) is 0 Å². The predicted molar refractivity (Wildman–Crippen MR) is 78.8 cm³/mol. The highest BCUT2D eigenvalue weighted by atomic mass is 14.9. The molecule has 0 saturated carbocycles. The Morgan fingerprint density at radius 3 is 2.44 bits per heavy atom. The molecule has 1 heteroatoms. The topological polar surface area (TPSA) is 12.0 Å². The Balaban J connectivity index is 1.93. The van der Waals surface area contributed by atoms with Crippen LogP contribution in [0.1, 0.15) is 30.9 Å². The Kier molecular flexibility index (Phi) is 4.83. The van der Waals surface area contributed by atoms with E-state index in [1.54, 1.807) is 0 Å². The minimum absolute atomic E-state index is 0.887. The summed E-state index contributed by atoms with van der Waals surface area (Å²) in [5.74, 6) is 0. The number of benzene rings is 2.